The lowest BCUT2D eigenvalue weighted by Crippen LogP contribution is -2.02. The van der Waals surface area contributed by atoms with Crippen LogP contribution in [0.15, 0.2) is 48.5 Å². The van der Waals surface area contributed by atoms with Crippen LogP contribution in [0.4, 0.5) is 5.69 Å². The number of ether oxygens (including phenoxy) is 1. The molecule has 3 heteroatoms. The van der Waals surface area contributed by atoms with Gasteiger partial charge in [-0.05, 0) is 30.2 Å². The zero-order valence-electron chi connectivity index (χ0n) is 11.0. The van der Waals surface area contributed by atoms with E-state index in [1.807, 2.05) is 49.4 Å². The SMILES string of the molecule is CCC(O)c1cc(OCc2ccccc2)ccc1N. The normalized spacial score (nSPS) is 12.1. The lowest BCUT2D eigenvalue weighted by Gasteiger charge is -2.14. The highest BCUT2D eigenvalue weighted by molar-refractivity contribution is 5.51. The number of aliphatic hydroxyl groups excluding tert-OH is 1. The summed E-state index contributed by atoms with van der Waals surface area (Å²) in [5.74, 6) is 0.723. The van der Waals surface area contributed by atoms with Crippen molar-refractivity contribution in [2.24, 2.45) is 0 Å². The first kappa shape index (κ1) is 13.4. The molecule has 2 aromatic rings. The van der Waals surface area contributed by atoms with Crippen LogP contribution in [0.3, 0.4) is 0 Å². The van der Waals surface area contributed by atoms with Gasteiger partial charge in [0.1, 0.15) is 12.4 Å². The number of nitrogens with two attached hydrogens (primary N) is 1. The highest BCUT2D eigenvalue weighted by atomic mass is 16.5. The van der Waals surface area contributed by atoms with Gasteiger partial charge in [-0.2, -0.15) is 0 Å². The molecule has 0 aliphatic carbocycles. The van der Waals surface area contributed by atoms with E-state index in [4.69, 9.17) is 10.5 Å². The van der Waals surface area contributed by atoms with E-state index in [-0.39, 0.29) is 0 Å². The Bertz CT molecular complexity index is 526. The lowest BCUT2D eigenvalue weighted by atomic mass is 10.1. The standard InChI is InChI=1S/C16H19NO2/c1-2-16(18)14-10-13(8-9-15(14)17)19-11-12-6-4-3-5-7-12/h3-10,16,18H,2,11,17H2,1H3. The van der Waals surface area contributed by atoms with Crippen LogP contribution in [0.2, 0.25) is 0 Å². The van der Waals surface area contributed by atoms with Gasteiger partial charge in [-0.25, -0.2) is 0 Å². The van der Waals surface area contributed by atoms with Crippen molar-refractivity contribution in [1.29, 1.82) is 0 Å². The van der Waals surface area contributed by atoms with Gasteiger partial charge in [-0.15, -0.1) is 0 Å². The van der Waals surface area contributed by atoms with Crippen LogP contribution in [-0.2, 0) is 6.61 Å². The highest BCUT2D eigenvalue weighted by Crippen LogP contribution is 2.27. The molecule has 3 nitrogen and oxygen atoms in total. The maximum Gasteiger partial charge on any atom is 0.120 e. The van der Waals surface area contributed by atoms with E-state index >= 15 is 0 Å². The number of anilines is 1. The highest BCUT2D eigenvalue weighted by Gasteiger charge is 2.10. The van der Waals surface area contributed by atoms with Gasteiger partial charge in [0.2, 0.25) is 0 Å². The van der Waals surface area contributed by atoms with Crippen molar-refractivity contribution in [2.75, 3.05) is 5.73 Å². The zero-order chi connectivity index (χ0) is 13.7. The molecular weight excluding hydrogens is 238 g/mol. The Kier molecular flexibility index (Phi) is 4.42. The topological polar surface area (TPSA) is 55.5 Å². The van der Waals surface area contributed by atoms with Gasteiger partial charge >= 0.3 is 0 Å². The molecule has 0 aromatic heterocycles. The summed E-state index contributed by atoms with van der Waals surface area (Å²) in [6.45, 7) is 2.42. The smallest absolute Gasteiger partial charge is 0.120 e. The molecule has 1 unspecified atom stereocenters. The average Bonchev–Trinajstić information content (AvgIpc) is 2.46. The minimum Gasteiger partial charge on any atom is -0.489 e. The van der Waals surface area contributed by atoms with Crippen LogP contribution in [-0.4, -0.2) is 5.11 Å². The van der Waals surface area contributed by atoms with Gasteiger partial charge in [-0.1, -0.05) is 37.3 Å². The van der Waals surface area contributed by atoms with E-state index in [0.29, 0.717) is 18.7 Å². The first-order valence-corrected chi connectivity index (χ1v) is 6.45. The molecule has 19 heavy (non-hydrogen) atoms. The van der Waals surface area contributed by atoms with E-state index in [2.05, 4.69) is 0 Å². The van der Waals surface area contributed by atoms with Crippen molar-refractivity contribution in [3.63, 3.8) is 0 Å². The van der Waals surface area contributed by atoms with Crippen LogP contribution in [0, 0.1) is 0 Å². The van der Waals surface area contributed by atoms with Crippen LogP contribution < -0.4 is 10.5 Å². The minimum atomic E-state index is -0.541. The Morgan fingerprint density at radius 2 is 1.89 bits per heavy atom. The third-order valence-electron chi connectivity index (χ3n) is 3.05. The minimum absolute atomic E-state index is 0.506. The number of hydrogen-bond acceptors (Lipinski definition) is 3. The van der Waals surface area contributed by atoms with Crippen molar-refractivity contribution in [2.45, 2.75) is 26.1 Å². The molecule has 0 amide bonds. The van der Waals surface area contributed by atoms with E-state index < -0.39 is 6.10 Å². The van der Waals surface area contributed by atoms with Crippen LogP contribution in [0.1, 0.15) is 30.6 Å². The maximum atomic E-state index is 9.88. The third kappa shape index (κ3) is 3.48. The summed E-state index contributed by atoms with van der Waals surface area (Å²) < 4.78 is 5.72. The molecule has 0 aliphatic heterocycles. The van der Waals surface area contributed by atoms with Crippen molar-refractivity contribution in [3.8, 4) is 5.75 Å². The maximum absolute atomic E-state index is 9.88. The molecule has 0 saturated heterocycles. The molecular formula is C16H19NO2. The predicted octanol–water partition coefficient (Wildman–Crippen LogP) is 3.29. The molecule has 0 radical (unpaired) electrons. The molecule has 0 heterocycles. The number of hydrogen-bond donors (Lipinski definition) is 2. The lowest BCUT2D eigenvalue weighted by molar-refractivity contribution is 0.174. The van der Waals surface area contributed by atoms with Crippen molar-refractivity contribution < 1.29 is 9.84 Å². The molecule has 0 spiro atoms. The number of rotatable bonds is 5. The Morgan fingerprint density at radius 1 is 1.16 bits per heavy atom. The summed E-state index contributed by atoms with van der Waals surface area (Å²) in [7, 11) is 0. The van der Waals surface area contributed by atoms with Gasteiger partial charge < -0.3 is 15.6 Å². The fraction of sp³-hybridized carbons (Fsp3) is 0.250. The summed E-state index contributed by atoms with van der Waals surface area (Å²) in [6.07, 6.45) is 0.0899. The first-order chi connectivity index (χ1) is 9.20. The van der Waals surface area contributed by atoms with Crippen LogP contribution in [0.5, 0.6) is 5.75 Å². The number of nitrogen functional groups attached to an aromatic ring is 1. The third-order valence-corrected chi connectivity index (χ3v) is 3.05. The molecule has 1 atom stereocenters. The van der Waals surface area contributed by atoms with Crippen molar-refractivity contribution >= 4 is 5.69 Å². The van der Waals surface area contributed by atoms with Gasteiger partial charge in [0, 0.05) is 11.3 Å². The zero-order valence-corrected chi connectivity index (χ0v) is 11.0. The number of aliphatic hydroxyl groups is 1. The monoisotopic (exact) mass is 257 g/mol. The Labute approximate surface area is 113 Å². The molecule has 2 aromatic carbocycles. The molecule has 100 valence electrons. The van der Waals surface area contributed by atoms with E-state index in [1.165, 1.54) is 0 Å². The Morgan fingerprint density at radius 3 is 2.58 bits per heavy atom. The molecule has 2 rings (SSSR count). The van der Waals surface area contributed by atoms with Crippen molar-refractivity contribution in [3.05, 3.63) is 59.7 Å². The average molecular weight is 257 g/mol. The second kappa shape index (κ2) is 6.25. The summed E-state index contributed by atoms with van der Waals surface area (Å²) in [5.41, 5.74) is 8.29. The second-order valence-electron chi connectivity index (χ2n) is 4.49. The summed E-state index contributed by atoms with van der Waals surface area (Å²) in [5, 5.41) is 9.88. The fourth-order valence-corrected chi connectivity index (χ4v) is 1.89. The molecule has 0 saturated carbocycles. The number of benzene rings is 2. The summed E-state index contributed by atoms with van der Waals surface area (Å²) in [6, 6.07) is 15.4. The van der Waals surface area contributed by atoms with Gasteiger partial charge in [-0.3, -0.25) is 0 Å². The van der Waals surface area contributed by atoms with Gasteiger partial charge in [0.05, 0.1) is 6.10 Å². The molecule has 0 fully saturated rings. The van der Waals surface area contributed by atoms with Gasteiger partial charge in [0.25, 0.3) is 0 Å². The molecule has 0 aliphatic rings. The molecule has 0 bridgehead atoms. The predicted molar refractivity (Wildman–Crippen MR) is 76.9 cm³/mol. The summed E-state index contributed by atoms with van der Waals surface area (Å²) >= 11 is 0. The van der Waals surface area contributed by atoms with Crippen LogP contribution in [0.25, 0.3) is 0 Å². The fourth-order valence-electron chi connectivity index (χ4n) is 1.89. The van der Waals surface area contributed by atoms with Gasteiger partial charge in [0.15, 0.2) is 0 Å². The second-order valence-corrected chi connectivity index (χ2v) is 4.49. The van der Waals surface area contributed by atoms with Crippen molar-refractivity contribution in [1.82, 2.24) is 0 Å². The Hall–Kier alpha value is -2.00. The Balaban J connectivity index is 2.09. The van der Waals surface area contributed by atoms with Crippen LogP contribution >= 0.6 is 0 Å². The quantitative estimate of drug-likeness (QED) is 0.808. The van der Waals surface area contributed by atoms with E-state index in [0.717, 1.165) is 16.9 Å². The molecule has 3 N–H and O–H groups in total. The van der Waals surface area contributed by atoms with E-state index in [9.17, 15) is 5.11 Å². The largest absolute Gasteiger partial charge is 0.489 e. The first-order valence-electron chi connectivity index (χ1n) is 6.45. The summed E-state index contributed by atoms with van der Waals surface area (Å²) in [4.78, 5) is 0. The van der Waals surface area contributed by atoms with E-state index in [1.54, 1.807) is 6.07 Å².